The maximum atomic E-state index is 5.96. The second-order valence-electron chi connectivity index (χ2n) is 9.15. The summed E-state index contributed by atoms with van der Waals surface area (Å²) < 4.78 is 11.9. The van der Waals surface area contributed by atoms with Gasteiger partial charge in [0.05, 0.1) is 30.1 Å². The van der Waals surface area contributed by atoms with Crippen molar-refractivity contribution in [2.24, 2.45) is 0 Å². The summed E-state index contributed by atoms with van der Waals surface area (Å²) in [6.07, 6.45) is 2.54. The molecular weight excluding hydrogens is 402 g/mol. The van der Waals surface area contributed by atoms with E-state index < -0.39 is 0 Å². The molecule has 168 valence electrons. The summed E-state index contributed by atoms with van der Waals surface area (Å²) in [6.45, 7) is 11.6. The molecule has 0 aliphatic carbocycles. The molecular formula is C25H31N5O2. The van der Waals surface area contributed by atoms with Crippen LogP contribution < -0.4 is 9.80 Å². The monoisotopic (exact) mass is 433 g/mol. The van der Waals surface area contributed by atoms with Crippen molar-refractivity contribution in [2.45, 2.75) is 52.1 Å². The van der Waals surface area contributed by atoms with Gasteiger partial charge in [-0.05, 0) is 33.8 Å². The largest absolute Gasteiger partial charge is 0.372 e. The molecule has 0 radical (unpaired) electrons. The first-order valence-electron chi connectivity index (χ1n) is 11.5. The number of hydrogen-bond acceptors (Lipinski definition) is 7. The molecule has 2 fully saturated rings. The van der Waals surface area contributed by atoms with Crippen molar-refractivity contribution >= 4 is 22.4 Å². The Balaban J connectivity index is 1.64. The van der Waals surface area contributed by atoms with E-state index in [9.17, 15) is 0 Å². The van der Waals surface area contributed by atoms with Gasteiger partial charge >= 0.3 is 0 Å². The summed E-state index contributed by atoms with van der Waals surface area (Å²) in [5, 5.41) is 11.6. The Morgan fingerprint density at radius 3 is 1.75 bits per heavy atom. The summed E-state index contributed by atoms with van der Waals surface area (Å²) in [4.78, 5) is 9.40. The highest BCUT2D eigenvalue weighted by Crippen LogP contribution is 2.34. The van der Waals surface area contributed by atoms with Crippen molar-refractivity contribution < 1.29 is 9.47 Å². The van der Waals surface area contributed by atoms with E-state index in [0.29, 0.717) is 0 Å². The van der Waals surface area contributed by atoms with Gasteiger partial charge in [0.1, 0.15) is 0 Å². The Morgan fingerprint density at radius 2 is 1.22 bits per heavy atom. The van der Waals surface area contributed by atoms with Crippen LogP contribution in [0.1, 0.15) is 27.7 Å². The molecule has 4 unspecified atom stereocenters. The Morgan fingerprint density at radius 1 is 0.719 bits per heavy atom. The fraction of sp³-hybridized carbons (Fsp3) is 0.480. The van der Waals surface area contributed by atoms with Gasteiger partial charge in [-0.2, -0.15) is 0 Å². The van der Waals surface area contributed by atoms with Crippen LogP contribution in [0.3, 0.4) is 0 Å². The Labute approximate surface area is 189 Å². The van der Waals surface area contributed by atoms with Crippen molar-refractivity contribution in [1.82, 2.24) is 15.2 Å². The van der Waals surface area contributed by atoms with E-state index in [4.69, 9.17) is 24.7 Å². The number of benzene rings is 1. The zero-order valence-corrected chi connectivity index (χ0v) is 19.2. The summed E-state index contributed by atoms with van der Waals surface area (Å²) in [5.41, 5.74) is 2.03. The van der Waals surface area contributed by atoms with Crippen LogP contribution in [-0.2, 0) is 9.47 Å². The van der Waals surface area contributed by atoms with Crippen LogP contribution in [0.15, 0.2) is 42.6 Å². The predicted octanol–water partition coefficient (Wildman–Crippen LogP) is 3.92. The molecule has 0 saturated carbocycles. The van der Waals surface area contributed by atoms with Gasteiger partial charge in [0.15, 0.2) is 11.6 Å². The molecule has 0 bridgehead atoms. The number of ether oxygens (including phenoxy) is 2. The molecule has 7 heteroatoms. The minimum absolute atomic E-state index is 0.145. The lowest BCUT2D eigenvalue weighted by atomic mass is 10.1. The molecule has 1 aromatic carbocycles. The number of fused-ring (bicyclic) bond motifs is 1. The van der Waals surface area contributed by atoms with E-state index in [1.165, 1.54) is 0 Å². The van der Waals surface area contributed by atoms with E-state index in [-0.39, 0.29) is 24.4 Å². The van der Waals surface area contributed by atoms with Crippen LogP contribution in [0.4, 0.5) is 11.6 Å². The second-order valence-corrected chi connectivity index (χ2v) is 9.15. The van der Waals surface area contributed by atoms with Gasteiger partial charge in [-0.15, -0.1) is 10.2 Å². The average Bonchev–Trinajstić information content (AvgIpc) is 2.77. The highest BCUT2D eigenvalue weighted by Gasteiger charge is 2.29. The lowest BCUT2D eigenvalue weighted by molar-refractivity contribution is -0.00599. The van der Waals surface area contributed by atoms with Gasteiger partial charge in [0.2, 0.25) is 0 Å². The summed E-state index contributed by atoms with van der Waals surface area (Å²) in [7, 11) is 0. The minimum atomic E-state index is 0.145. The van der Waals surface area contributed by atoms with Gasteiger partial charge in [-0.25, -0.2) is 0 Å². The topological polar surface area (TPSA) is 63.6 Å². The van der Waals surface area contributed by atoms with Crippen LogP contribution in [0, 0.1) is 0 Å². The van der Waals surface area contributed by atoms with E-state index >= 15 is 0 Å². The summed E-state index contributed by atoms with van der Waals surface area (Å²) in [6, 6.07) is 12.5. The molecule has 32 heavy (non-hydrogen) atoms. The Hall–Kier alpha value is -2.77. The van der Waals surface area contributed by atoms with E-state index in [1.807, 2.05) is 24.4 Å². The van der Waals surface area contributed by atoms with Crippen molar-refractivity contribution in [3.05, 3.63) is 42.6 Å². The summed E-state index contributed by atoms with van der Waals surface area (Å²) >= 11 is 0. The lowest BCUT2D eigenvalue weighted by Gasteiger charge is -2.38. The zero-order chi connectivity index (χ0) is 22.2. The smallest absolute Gasteiger partial charge is 0.161 e. The van der Waals surface area contributed by atoms with Crippen LogP contribution in [0.25, 0.3) is 22.0 Å². The Bertz CT molecular complexity index is 1070. The van der Waals surface area contributed by atoms with E-state index in [2.05, 4.69) is 55.7 Å². The molecule has 4 heterocycles. The number of hydrogen-bond donors (Lipinski definition) is 0. The van der Waals surface area contributed by atoms with Gasteiger partial charge < -0.3 is 19.3 Å². The van der Waals surface area contributed by atoms with Crippen molar-refractivity contribution in [2.75, 3.05) is 36.0 Å². The standard InChI is InChI=1S/C25H31N5O2/c1-16-12-29(13-17(2)31-16)24-21-10-23(20-8-6-5-7-9-20)26-11-22(21)25(28-27-24)30-14-18(3)32-19(4)15-30/h5-11,16-19H,12-15H2,1-4H3. The van der Waals surface area contributed by atoms with Gasteiger partial charge in [0, 0.05) is 48.7 Å². The lowest BCUT2D eigenvalue weighted by Crippen LogP contribution is -2.47. The molecule has 2 aliphatic heterocycles. The number of morpholine rings is 2. The minimum Gasteiger partial charge on any atom is -0.372 e. The molecule has 4 atom stereocenters. The number of anilines is 2. The molecule has 0 amide bonds. The first-order valence-corrected chi connectivity index (χ1v) is 11.5. The maximum absolute atomic E-state index is 5.96. The third-order valence-electron chi connectivity index (χ3n) is 6.13. The highest BCUT2D eigenvalue weighted by atomic mass is 16.5. The third-order valence-corrected chi connectivity index (χ3v) is 6.13. The average molecular weight is 434 g/mol. The van der Waals surface area contributed by atoms with Crippen LogP contribution in [0.5, 0.6) is 0 Å². The molecule has 0 N–H and O–H groups in total. The quantitative estimate of drug-likeness (QED) is 0.620. The summed E-state index contributed by atoms with van der Waals surface area (Å²) in [5.74, 6) is 1.78. The SMILES string of the molecule is CC1CN(c2nnc(N3CC(C)OC(C)C3)c3cc(-c4ccccc4)ncc23)CC(C)O1. The first-order chi connectivity index (χ1) is 15.5. The molecule has 2 aromatic heterocycles. The maximum Gasteiger partial charge on any atom is 0.161 e. The fourth-order valence-corrected chi connectivity index (χ4v) is 4.96. The normalized spacial score (nSPS) is 26.5. The molecule has 5 rings (SSSR count). The number of nitrogens with zero attached hydrogens (tertiary/aromatic N) is 5. The van der Waals surface area contributed by atoms with Gasteiger partial charge in [-0.1, -0.05) is 30.3 Å². The van der Waals surface area contributed by atoms with Gasteiger partial charge in [-0.3, -0.25) is 4.98 Å². The zero-order valence-electron chi connectivity index (χ0n) is 19.2. The van der Waals surface area contributed by atoms with Crippen molar-refractivity contribution in [1.29, 1.82) is 0 Å². The van der Waals surface area contributed by atoms with Crippen molar-refractivity contribution in [3.8, 4) is 11.3 Å². The molecule has 2 aliphatic rings. The van der Waals surface area contributed by atoms with Crippen LogP contribution in [0.2, 0.25) is 0 Å². The number of pyridine rings is 1. The predicted molar refractivity (Wildman–Crippen MR) is 127 cm³/mol. The molecule has 3 aromatic rings. The Kier molecular flexibility index (Phi) is 5.69. The number of rotatable bonds is 3. The fourth-order valence-electron chi connectivity index (χ4n) is 4.96. The van der Waals surface area contributed by atoms with Gasteiger partial charge in [0.25, 0.3) is 0 Å². The second kappa shape index (κ2) is 8.64. The molecule has 0 spiro atoms. The highest BCUT2D eigenvalue weighted by molar-refractivity contribution is 6.00. The first kappa shape index (κ1) is 21.1. The van der Waals surface area contributed by atoms with Crippen LogP contribution in [-0.4, -0.2) is 65.8 Å². The molecule has 2 saturated heterocycles. The third kappa shape index (κ3) is 4.14. The van der Waals surface area contributed by atoms with E-state index in [1.54, 1.807) is 0 Å². The van der Waals surface area contributed by atoms with Crippen molar-refractivity contribution in [3.63, 3.8) is 0 Å². The number of aromatic nitrogens is 3. The van der Waals surface area contributed by atoms with E-state index in [0.717, 1.165) is 59.8 Å². The molecule has 7 nitrogen and oxygen atoms in total. The van der Waals surface area contributed by atoms with Crippen LogP contribution >= 0.6 is 0 Å².